The third kappa shape index (κ3) is 2.45. The molecule has 2 heterocycles. The molecule has 1 aliphatic heterocycles. The van der Waals surface area contributed by atoms with E-state index in [9.17, 15) is 0 Å². The number of thioether (sulfide) groups is 1. The van der Waals surface area contributed by atoms with Gasteiger partial charge in [0.2, 0.25) is 0 Å². The van der Waals surface area contributed by atoms with E-state index in [2.05, 4.69) is 15.3 Å². The van der Waals surface area contributed by atoms with Gasteiger partial charge in [-0.05, 0) is 12.1 Å². The molecule has 0 spiro atoms. The molecule has 13 heavy (non-hydrogen) atoms. The molecule has 2 rings (SSSR count). The summed E-state index contributed by atoms with van der Waals surface area (Å²) in [5.74, 6) is 1.99. The zero-order chi connectivity index (χ0) is 8.93. The summed E-state index contributed by atoms with van der Waals surface area (Å²) in [6.45, 7) is 1.90. The Bertz CT molecular complexity index is 297. The minimum absolute atomic E-state index is 0.900. The molecular weight excluding hydrogens is 182 g/mol. The summed E-state index contributed by atoms with van der Waals surface area (Å²) in [4.78, 5) is 8.53. The van der Waals surface area contributed by atoms with E-state index in [4.69, 9.17) is 0 Å². The van der Waals surface area contributed by atoms with Crippen molar-refractivity contribution in [1.82, 2.24) is 10.3 Å². The molecule has 1 aliphatic rings. The van der Waals surface area contributed by atoms with Crippen LogP contribution >= 0.6 is 11.8 Å². The number of nitrogens with one attached hydrogen (secondary N) is 1. The predicted octanol–water partition coefficient (Wildman–Crippen LogP) is 1.18. The van der Waals surface area contributed by atoms with E-state index in [1.165, 1.54) is 0 Å². The smallest absolute Gasteiger partial charge is 0.107 e. The van der Waals surface area contributed by atoms with Crippen LogP contribution in [0.15, 0.2) is 34.4 Å². The number of aliphatic imine (C=N–C) groups is 1. The van der Waals surface area contributed by atoms with E-state index in [-0.39, 0.29) is 0 Å². The van der Waals surface area contributed by atoms with Crippen molar-refractivity contribution in [2.45, 2.75) is 5.03 Å². The average molecular weight is 193 g/mol. The highest BCUT2D eigenvalue weighted by Crippen LogP contribution is 2.13. The lowest BCUT2D eigenvalue weighted by Gasteiger charge is -2.00. The number of rotatable bonds is 3. The molecule has 0 unspecified atom stereocenters. The molecule has 0 atom stereocenters. The highest BCUT2D eigenvalue weighted by atomic mass is 32.2. The van der Waals surface area contributed by atoms with Crippen molar-refractivity contribution in [2.24, 2.45) is 4.99 Å². The average Bonchev–Trinajstić information content (AvgIpc) is 2.69. The van der Waals surface area contributed by atoms with E-state index in [0.29, 0.717) is 0 Å². The summed E-state index contributed by atoms with van der Waals surface area (Å²) >= 11 is 1.71. The van der Waals surface area contributed by atoms with Crippen LogP contribution in [0.4, 0.5) is 0 Å². The molecule has 3 nitrogen and oxygen atoms in total. The molecule has 0 saturated heterocycles. The molecule has 0 aliphatic carbocycles. The monoisotopic (exact) mass is 193 g/mol. The van der Waals surface area contributed by atoms with Crippen LogP contribution in [0.1, 0.15) is 0 Å². The molecule has 0 radical (unpaired) electrons. The van der Waals surface area contributed by atoms with Crippen LogP contribution in [0.5, 0.6) is 0 Å². The standard InChI is InChI=1S/C9H11N3S/c1-2-4-12-9(3-1)13-7-8-10-5-6-11-8/h1-4H,5-7H2,(H,10,11). The van der Waals surface area contributed by atoms with Gasteiger partial charge in [-0.15, -0.1) is 0 Å². The Balaban J connectivity index is 1.86. The maximum atomic E-state index is 4.31. The van der Waals surface area contributed by atoms with Crippen LogP contribution in [0, 0.1) is 0 Å². The minimum atomic E-state index is 0.900. The van der Waals surface area contributed by atoms with E-state index >= 15 is 0 Å². The fourth-order valence-corrected chi connectivity index (χ4v) is 1.91. The summed E-state index contributed by atoms with van der Waals surface area (Å²) in [5.41, 5.74) is 0. The van der Waals surface area contributed by atoms with Crippen molar-refractivity contribution in [2.75, 3.05) is 18.8 Å². The number of aromatic nitrogens is 1. The van der Waals surface area contributed by atoms with E-state index in [1.54, 1.807) is 11.8 Å². The number of nitrogens with zero attached hydrogens (tertiary/aromatic N) is 2. The third-order valence-corrected chi connectivity index (χ3v) is 2.69. The Hall–Kier alpha value is -1.03. The van der Waals surface area contributed by atoms with Crippen molar-refractivity contribution in [1.29, 1.82) is 0 Å². The van der Waals surface area contributed by atoms with Gasteiger partial charge in [-0.3, -0.25) is 4.99 Å². The summed E-state index contributed by atoms with van der Waals surface area (Å²) < 4.78 is 0. The van der Waals surface area contributed by atoms with Gasteiger partial charge in [-0.1, -0.05) is 17.8 Å². The largest absolute Gasteiger partial charge is 0.371 e. The lowest BCUT2D eigenvalue weighted by atomic mass is 10.5. The maximum absolute atomic E-state index is 4.31. The summed E-state index contributed by atoms with van der Waals surface area (Å²) in [5, 5.41) is 4.28. The molecule has 0 fully saturated rings. The van der Waals surface area contributed by atoms with Crippen LogP contribution in [0.2, 0.25) is 0 Å². The van der Waals surface area contributed by atoms with Crippen molar-refractivity contribution < 1.29 is 0 Å². The molecule has 1 aromatic rings. The van der Waals surface area contributed by atoms with Crippen LogP contribution in [0.3, 0.4) is 0 Å². The minimum Gasteiger partial charge on any atom is -0.371 e. The zero-order valence-electron chi connectivity index (χ0n) is 7.23. The lowest BCUT2D eigenvalue weighted by Crippen LogP contribution is -2.20. The van der Waals surface area contributed by atoms with Gasteiger partial charge < -0.3 is 5.32 Å². The van der Waals surface area contributed by atoms with Crippen LogP contribution in [-0.4, -0.2) is 29.7 Å². The highest BCUT2D eigenvalue weighted by molar-refractivity contribution is 7.99. The maximum Gasteiger partial charge on any atom is 0.107 e. The highest BCUT2D eigenvalue weighted by Gasteiger charge is 2.04. The van der Waals surface area contributed by atoms with Crippen LogP contribution in [-0.2, 0) is 0 Å². The number of pyridine rings is 1. The van der Waals surface area contributed by atoms with Crippen molar-refractivity contribution in [3.63, 3.8) is 0 Å². The second-order valence-corrected chi connectivity index (χ2v) is 3.71. The third-order valence-electron chi connectivity index (χ3n) is 1.74. The van der Waals surface area contributed by atoms with Gasteiger partial charge in [0.25, 0.3) is 0 Å². The predicted molar refractivity (Wildman–Crippen MR) is 55.3 cm³/mol. The second-order valence-electron chi connectivity index (χ2n) is 2.71. The Morgan fingerprint density at radius 3 is 3.15 bits per heavy atom. The quantitative estimate of drug-likeness (QED) is 0.732. The van der Waals surface area contributed by atoms with Gasteiger partial charge in [0, 0.05) is 12.7 Å². The van der Waals surface area contributed by atoms with Gasteiger partial charge in [0.15, 0.2) is 0 Å². The van der Waals surface area contributed by atoms with Gasteiger partial charge in [-0.2, -0.15) is 0 Å². The topological polar surface area (TPSA) is 37.3 Å². The molecule has 0 aromatic carbocycles. The van der Waals surface area contributed by atoms with Crippen molar-refractivity contribution >= 4 is 17.6 Å². The summed E-state index contributed by atoms with van der Waals surface area (Å²) in [6.07, 6.45) is 1.81. The first-order valence-corrected chi connectivity index (χ1v) is 5.25. The fourth-order valence-electron chi connectivity index (χ4n) is 1.12. The first-order chi connectivity index (χ1) is 6.45. The van der Waals surface area contributed by atoms with Crippen molar-refractivity contribution in [3.8, 4) is 0 Å². The van der Waals surface area contributed by atoms with Crippen molar-refractivity contribution in [3.05, 3.63) is 24.4 Å². The summed E-state index contributed by atoms with van der Waals surface area (Å²) in [7, 11) is 0. The first-order valence-electron chi connectivity index (χ1n) is 4.26. The Labute approximate surface area is 81.7 Å². The number of amidine groups is 1. The number of hydrogen-bond donors (Lipinski definition) is 1. The Morgan fingerprint density at radius 2 is 2.46 bits per heavy atom. The molecule has 1 N–H and O–H groups in total. The molecule has 0 saturated carbocycles. The van der Waals surface area contributed by atoms with Gasteiger partial charge in [0.05, 0.1) is 17.3 Å². The van der Waals surface area contributed by atoms with Crippen LogP contribution in [0.25, 0.3) is 0 Å². The Kier molecular flexibility index (Phi) is 2.82. The molecule has 1 aromatic heterocycles. The van der Waals surface area contributed by atoms with E-state index < -0.39 is 0 Å². The van der Waals surface area contributed by atoms with Gasteiger partial charge >= 0.3 is 0 Å². The fraction of sp³-hybridized carbons (Fsp3) is 0.333. The normalized spacial score (nSPS) is 15.2. The molecule has 0 amide bonds. The van der Waals surface area contributed by atoms with Gasteiger partial charge in [0.1, 0.15) is 5.84 Å². The SMILES string of the molecule is c1ccc(SCC2=NCCN2)nc1. The zero-order valence-corrected chi connectivity index (χ0v) is 8.05. The first kappa shape index (κ1) is 8.56. The second kappa shape index (κ2) is 4.28. The number of hydrogen-bond acceptors (Lipinski definition) is 4. The molecule has 0 bridgehead atoms. The van der Waals surface area contributed by atoms with Crippen LogP contribution < -0.4 is 5.32 Å². The lowest BCUT2D eigenvalue weighted by molar-refractivity contribution is 0.959. The van der Waals surface area contributed by atoms with E-state index in [1.807, 2.05) is 24.4 Å². The van der Waals surface area contributed by atoms with Gasteiger partial charge in [-0.25, -0.2) is 4.98 Å². The Morgan fingerprint density at radius 1 is 1.46 bits per heavy atom. The molecular formula is C9H11N3S. The molecule has 68 valence electrons. The molecule has 4 heteroatoms. The summed E-state index contributed by atoms with van der Waals surface area (Å²) in [6, 6.07) is 5.94. The van der Waals surface area contributed by atoms with E-state index in [0.717, 1.165) is 29.7 Å².